The number of carbonyl (C=O) groups is 1. The zero-order valence-electron chi connectivity index (χ0n) is 9.91. The molecule has 16 heavy (non-hydrogen) atoms. The van der Waals surface area contributed by atoms with Gasteiger partial charge >= 0.3 is 0 Å². The number of rotatable bonds is 0. The lowest BCUT2D eigenvalue weighted by Crippen LogP contribution is -2.49. The van der Waals surface area contributed by atoms with Crippen LogP contribution in [0.25, 0.3) is 0 Å². The molecule has 4 heteroatoms. The molecule has 1 heterocycles. The number of likely N-dealkylation sites (N-methyl/N-ethyl adjacent to an activating group) is 2. The Kier molecular flexibility index (Phi) is 2.70. The number of hydrogen-bond acceptors (Lipinski definition) is 2. The van der Waals surface area contributed by atoms with Gasteiger partial charge in [-0.05, 0) is 31.5 Å². The fraction of sp³-hybridized carbons (Fsp3) is 0.417. The Hall–Kier alpha value is -1.03. The van der Waals surface area contributed by atoms with Gasteiger partial charge in [0, 0.05) is 18.6 Å². The van der Waals surface area contributed by atoms with E-state index in [2.05, 4.69) is 22.9 Å². The van der Waals surface area contributed by atoms with Gasteiger partial charge in [0.1, 0.15) is 6.04 Å². The third-order valence-electron chi connectivity index (χ3n) is 3.33. The fourth-order valence-electron chi connectivity index (χ4n) is 2.14. The minimum atomic E-state index is -0.106. The minimum Gasteiger partial charge on any atom is -0.361 e. The molecule has 1 aromatic rings. The number of nitrogens with zero attached hydrogens (tertiary/aromatic N) is 2. The van der Waals surface area contributed by atoms with E-state index < -0.39 is 0 Å². The van der Waals surface area contributed by atoms with Crippen LogP contribution < -0.4 is 9.80 Å². The van der Waals surface area contributed by atoms with Crippen molar-refractivity contribution in [3.8, 4) is 0 Å². The van der Waals surface area contributed by atoms with Gasteiger partial charge in [0.05, 0.1) is 11.4 Å². The van der Waals surface area contributed by atoms with E-state index in [1.54, 1.807) is 4.90 Å². The molecule has 1 aliphatic rings. The maximum Gasteiger partial charge on any atom is 0.249 e. The molecule has 2 rings (SSSR count). The summed E-state index contributed by atoms with van der Waals surface area (Å²) in [5.74, 6) is 0.136. The third-order valence-corrected chi connectivity index (χ3v) is 4.19. The molecule has 1 aliphatic heterocycles. The zero-order chi connectivity index (χ0) is 12.0. The van der Waals surface area contributed by atoms with Gasteiger partial charge in [-0.3, -0.25) is 4.79 Å². The SMILES string of the molecule is Cc1c(Br)ccc2c1N(C)[C@H](C)C(=O)N2C. The van der Waals surface area contributed by atoms with Crippen LogP contribution in [0.15, 0.2) is 16.6 Å². The van der Waals surface area contributed by atoms with Crippen LogP contribution in [0.2, 0.25) is 0 Å². The molecule has 0 radical (unpaired) electrons. The number of hydrogen-bond donors (Lipinski definition) is 0. The summed E-state index contributed by atoms with van der Waals surface area (Å²) in [5, 5.41) is 0. The highest BCUT2D eigenvalue weighted by Gasteiger charge is 2.32. The van der Waals surface area contributed by atoms with E-state index in [9.17, 15) is 4.79 Å². The van der Waals surface area contributed by atoms with Gasteiger partial charge in [0.25, 0.3) is 0 Å². The highest BCUT2D eigenvalue weighted by Crippen LogP contribution is 2.39. The molecule has 0 unspecified atom stereocenters. The topological polar surface area (TPSA) is 23.6 Å². The van der Waals surface area contributed by atoms with E-state index in [-0.39, 0.29) is 11.9 Å². The number of anilines is 2. The summed E-state index contributed by atoms with van der Waals surface area (Å²) in [6, 6.07) is 3.86. The second-order valence-corrected chi connectivity index (χ2v) is 5.08. The van der Waals surface area contributed by atoms with Gasteiger partial charge in [0.15, 0.2) is 0 Å². The molecule has 86 valence electrons. The van der Waals surface area contributed by atoms with E-state index in [1.807, 2.05) is 38.1 Å². The molecule has 0 saturated heterocycles. The third kappa shape index (κ3) is 1.44. The van der Waals surface area contributed by atoms with Crippen molar-refractivity contribution in [1.29, 1.82) is 0 Å². The molecular weight excluding hydrogens is 268 g/mol. The average Bonchev–Trinajstić information content (AvgIpc) is 2.27. The lowest BCUT2D eigenvalue weighted by molar-refractivity contribution is -0.119. The predicted octanol–water partition coefficient (Wildman–Crippen LogP) is 2.56. The minimum absolute atomic E-state index is 0.106. The monoisotopic (exact) mass is 282 g/mol. The number of benzene rings is 1. The second kappa shape index (κ2) is 3.77. The van der Waals surface area contributed by atoms with Crippen LogP contribution in [0, 0.1) is 6.92 Å². The molecular formula is C12H15BrN2O. The maximum atomic E-state index is 12.0. The van der Waals surface area contributed by atoms with Crippen molar-refractivity contribution < 1.29 is 4.79 Å². The van der Waals surface area contributed by atoms with E-state index in [0.29, 0.717) is 0 Å². The van der Waals surface area contributed by atoms with Crippen LogP contribution >= 0.6 is 15.9 Å². The van der Waals surface area contributed by atoms with Crippen molar-refractivity contribution in [1.82, 2.24) is 0 Å². The average molecular weight is 283 g/mol. The summed E-state index contributed by atoms with van der Waals surface area (Å²) in [4.78, 5) is 15.7. The molecule has 0 spiro atoms. The molecule has 0 fully saturated rings. The Labute approximate surface area is 104 Å². The molecule has 3 nitrogen and oxygen atoms in total. The van der Waals surface area contributed by atoms with E-state index in [1.165, 1.54) is 5.56 Å². The summed E-state index contributed by atoms with van der Waals surface area (Å²) in [5.41, 5.74) is 3.28. The van der Waals surface area contributed by atoms with Crippen molar-refractivity contribution in [2.45, 2.75) is 19.9 Å². The lowest BCUT2D eigenvalue weighted by atomic mass is 10.0. The van der Waals surface area contributed by atoms with Crippen LogP contribution in [0.5, 0.6) is 0 Å². The number of carbonyl (C=O) groups excluding carboxylic acids is 1. The summed E-state index contributed by atoms with van der Waals surface area (Å²) >= 11 is 3.53. The quantitative estimate of drug-likeness (QED) is 0.730. The van der Waals surface area contributed by atoms with Crippen LogP contribution in [0.1, 0.15) is 12.5 Å². The van der Waals surface area contributed by atoms with Gasteiger partial charge in [-0.2, -0.15) is 0 Å². The van der Waals surface area contributed by atoms with Gasteiger partial charge in [-0.25, -0.2) is 0 Å². The molecule has 1 amide bonds. The van der Waals surface area contributed by atoms with Gasteiger partial charge < -0.3 is 9.80 Å². The van der Waals surface area contributed by atoms with Crippen LogP contribution in [0.4, 0.5) is 11.4 Å². The van der Waals surface area contributed by atoms with Crippen molar-refractivity contribution in [2.75, 3.05) is 23.9 Å². The molecule has 1 atom stereocenters. The summed E-state index contributed by atoms with van der Waals surface area (Å²) in [6.45, 7) is 4.00. The van der Waals surface area contributed by atoms with Crippen LogP contribution in [0.3, 0.4) is 0 Å². The highest BCUT2D eigenvalue weighted by atomic mass is 79.9. The Morgan fingerprint density at radius 3 is 2.56 bits per heavy atom. The van der Waals surface area contributed by atoms with Crippen LogP contribution in [-0.4, -0.2) is 26.0 Å². The largest absolute Gasteiger partial charge is 0.361 e. The molecule has 0 aromatic heterocycles. The summed E-state index contributed by atoms with van der Waals surface area (Å²) < 4.78 is 1.08. The summed E-state index contributed by atoms with van der Waals surface area (Å²) in [6.07, 6.45) is 0. The normalized spacial score (nSPS) is 20.1. The Balaban J connectivity index is 2.68. The number of amides is 1. The van der Waals surface area contributed by atoms with Crippen molar-refractivity contribution in [2.24, 2.45) is 0 Å². The van der Waals surface area contributed by atoms with E-state index in [0.717, 1.165) is 15.8 Å². The predicted molar refractivity (Wildman–Crippen MR) is 70.2 cm³/mol. The maximum absolute atomic E-state index is 12.0. The zero-order valence-corrected chi connectivity index (χ0v) is 11.5. The lowest BCUT2D eigenvalue weighted by Gasteiger charge is -2.39. The first-order chi connectivity index (χ1) is 7.45. The first-order valence-electron chi connectivity index (χ1n) is 5.24. The number of fused-ring (bicyclic) bond motifs is 1. The molecule has 0 aliphatic carbocycles. The second-order valence-electron chi connectivity index (χ2n) is 4.22. The standard InChI is InChI=1S/C12H15BrN2O/c1-7-9(13)5-6-10-11(7)14(3)8(2)12(16)15(10)4/h5-6,8H,1-4H3/t8-/m1/s1. The molecule has 0 bridgehead atoms. The molecule has 0 saturated carbocycles. The van der Waals surface area contributed by atoms with Crippen molar-refractivity contribution >= 4 is 33.2 Å². The summed E-state index contributed by atoms with van der Waals surface area (Å²) in [7, 11) is 3.80. The van der Waals surface area contributed by atoms with Crippen LogP contribution in [-0.2, 0) is 4.79 Å². The smallest absolute Gasteiger partial charge is 0.249 e. The Bertz CT molecular complexity index is 459. The number of halogens is 1. The van der Waals surface area contributed by atoms with Crippen molar-refractivity contribution in [3.63, 3.8) is 0 Å². The van der Waals surface area contributed by atoms with Gasteiger partial charge in [0.2, 0.25) is 5.91 Å². The first kappa shape index (κ1) is 11.5. The Morgan fingerprint density at radius 1 is 1.31 bits per heavy atom. The molecule has 0 N–H and O–H groups in total. The van der Waals surface area contributed by atoms with Gasteiger partial charge in [-0.15, -0.1) is 0 Å². The Morgan fingerprint density at radius 2 is 1.94 bits per heavy atom. The van der Waals surface area contributed by atoms with E-state index >= 15 is 0 Å². The van der Waals surface area contributed by atoms with E-state index in [4.69, 9.17) is 0 Å². The first-order valence-corrected chi connectivity index (χ1v) is 6.04. The van der Waals surface area contributed by atoms with Gasteiger partial charge in [-0.1, -0.05) is 15.9 Å². The highest BCUT2D eigenvalue weighted by molar-refractivity contribution is 9.10. The van der Waals surface area contributed by atoms with Crippen molar-refractivity contribution in [3.05, 3.63) is 22.2 Å². The molecule has 1 aromatic carbocycles. The fourth-order valence-corrected chi connectivity index (χ4v) is 2.46.